The van der Waals surface area contributed by atoms with E-state index in [9.17, 15) is 19.8 Å². The van der Waals surface area contributed by atoms with Crippen molar-refractivity contribution in [1.82, 2.24) is 34.9 Å². The molecule has 2 fully saturated rings. The number of fused-ring (bicyclic) bond motifs is 1. The summed E-state index contributed by atoms with van der Waals surface area (Å²) in [5, 5.41) is 26.7. The Bertz CT molecular complexity index is 1340. The van der Waals surface area contributed by atoms with Gasteiger partial charge in [0.2, 0.25) is 11.6 Å². The molecule has 1 aliphatic heterocycles. The van der Waals surface area contributed by atoms with Gasteiger partial charge in [-0.05, 0) is 25.2 Å². The number of nitrogens with zero attached hydrogens (tertiary/aromatic N) is 6. The first-order chi connectivity index (χ1) is 17.4. The van der Waals surface area contributed by atoms with Crippen molar-refractivity contribution in [3.05, 3.63) is 30.2 Å². The van der Waals surface area contributed by atoms with E-state index in [2.05, 4.69) is 37.3 Å². The highest BCUT2D eigenvalue weighted by molar-refractivity contribution is 5.91. The maximum absolute atomic E-state index is 12.8. The number of carbonyl (C=O) groups is 2. The molecule has 2 amide bonds. The summed E-state index contributed by atoms with van der Waals surface area (Å²) in [6, 6.07) is 1.57. The Balaban J connectivity index is 1.41. The van der Waals surface area contributed by atoms with Crippen LogP contribution in [0.15, 0.2) is 23.1 Å². The molecular formula is C22H24N8O6. The summed E-state index contributed by atoms with van der Waals surface area (Å²) in [5.74, 6) is 5.13. The third kappa shape index (κ3) is 4.13. The first-order valence-corrected chi connectivity index (χ1v) is 11.3. The van der Waals surface area contributed by atoms with Crippen LogP contribution < -0.4 is 11.1 Å². The second-order valence-electron chi connectivity index (χ2n) is 8.50. The van der Waals surface area contributed by atoms with Gasteiger partial charge in [-0.3, -0.25) is 14.2 Å². The molecular weight excluding hydrogens is 472 g/mol. The first-order valence-electron chi connectivity index (χ1n) is 11.3. The van der Waals surface area contributed by atoms with Crippen molar-refractivity contribution in [3.8, 4) is 11.8 Å². The third-order valence-corrected chi connectivity index (χ3v) is 6.34. The van der Waals surface area contributed by atoms with Crippen LogP contribution in [0.4, 0.5) is 5.82 Å². The van der Waals surface area contributed by atoms with Crippen LogP contribution in [0, 0.1) is 11.8 Å². The van der Waals surface area contributed by atoms with Gasteiger partial charge in [0.1, 0.15) is 17.7 Å². The lowest BCUT2D eigenvalue weighted by Crippen LogP contribution is -2.44. The number of nitrogens with two attached hydrogens (primary N) is 1. The molecule has 1 saturated heterocycles. The van der Waals surface area contributed by atoms with Gasteiger partial charge in [-0.2, -0.15) is 0 Å². The third-order valence-electron chi connectivity index (χ3n) is 6.34. The van der Waals surface area contributed by atoms with Crippen LogP contribution in [0.5, 0.6) is 0 Å². The van der Waals surface area contributed by atoms with Gasteiger partial charge in [0, 0.05) is 19.2 Å². The van der Waals surface area contributed by atoms with Crippen LogP contribution in [0.25, 0.3) is 11.2 Å². The number of likely N-dealkylation sites (N-methyl/N-ethyl adjacent to an activating group) is 1. The zero-order valence-electron chi connectivity index (χ0n) is 19.2. The quantitative estimate of drug-likeness (QED) is 0.310. The zero-order valence-corrected chi connectivity index (χ0v) is 19.2. The molecule has 5 rings (SSSR count). The summed E-state index contributed by atoms with van der Waals surface area (Å²) in [6.45, 7) is 0.120. The van der Waals surface area contributed by atoms with Crippen molar-refractivity contribution >= 4 is 28.8 Å². The lowest BCUT2D eigenvalue weighted by atomic mass is 9.91. The van der Waals surface area contributed by atoms with Gasteiger partial charge in [0.05, 0.1) is 19.1 Å². The van der Waals surface area contributed by atoms with Crippen molar-refractivity contribution < 1.29 is 29.1 Å². The van der Waals surface area contributed by atoms with Crippen molar-refractivity contribution in [2.45, 2.75) is 49.8 Å². The zero-order chi connectivity index (χ0) is 25.4. The second kappa shape index (κ2) is 9.53. The average Bonchev–Trinajstić information content (AvgIpc) is 3.57. The summed E-state index contributed by atoms with van der Waals surface area (Å²) >= 11 is 0. The number of aliphatic hydroxyl groups excluding tert-OH is 2. The molecule has 0 radical (unpaired) electrons. The molecule has 14 nitrogen and oxygen atoms in total. The molecule has 5 N–H and O–H groups in total. The molecule has 188 valence electrons. The molecule has 4 heterocycles. The topological polar surface area (TPSA) is 195 Å². The van der Waals surface area contributed by atoms with E-state index in [1.54, 1.807) is 4.90 Å². The van der Waals surface area contributed by atoms with Gasteiger partial charge >= 0.3 is 0 Å². The molecule has 0 spiro atoms. The summed E-state index contributed by atoms with van der Waals surface area (Å²) in [4.78, 5) is 39.2. The van der Waals surface area contributed by atoms with Crippen molar-refractivity contribution in [1.29, 1.82) is 0 Å². The highest BCUT2D eigenvalue weighted by Gasteiger charge is 2.47. The van der Waals surface area contributed by atoms with E-state index >= 15 is 0 Å². The van der Waals surface area contributed by atoms with Crippen LogP contribution in [-0.2, 0) is 9.53 Å². The number of aliphatic hydroxyl groups is 2. The molecule has 4 atom stereocenters. The summed E-state index contributed by atoms with van der Waals surface area (Å²) < 4.78 is 12.0. The van der Waals surface area contributed by atoms with E-state index in [4.69, 9.17) is 15.0 Å². The minimum Gasteiger partial charge on any atom is -0.387 e. The maximum atomic E-state index is 12.8. The van der Waals surface area contributed by atoms with Gasteiger partial charge < -0.3 is 35.4 Å². The average molecular weight is 496 g/mol. The smallest absolute Gasteiger partial charge is 0.293 e. The molecule has 3 aromatic heterocycles. The Morgan fingerprint density at radius 2 is 2.11 bits per heavy atom. The fourth-order valence-electron chi connectivity index (χ4n) is 4.17. The minimum atomic E-state index is -1.45. The maximum Gasteiger partial charge on any atom is 0.293 e. The van der Waals surface area contributed by atoms with Gasteiger partial charge in [-0.15, -0.1) is 0 Å². The molecule has 1 saturated carbocycles. The van der Waals surface area contributed by atoms with Crippen LogP contribution >= 0.6 is 0 Å². The SMILES string of the molecule is CNC(=O)[C@H]1O[C@@H](n2cnc3c(N)nc(C#CCN(C(=O)c4ccno4)C4CCC4)nc32)[C@H](O)[C@@H]1O. The van der Waals surface area contributed by atoms with Gasteiger partial charge in [0.25, 0.3) is 11.8 Å². The molecule has 0 unspecified atom stereocenters. The highest BCUT2D eigenvalue weighted by Crippen LogP contribution is 2.32. The first kappa shape index (κ1) is 23.7. The number of rotatable bonds is 5. The lowest BCUT2D eigenvalue weighted by molar-refractivity contribution is -0.137. The van der Waals surface area contributed by atoms with Crippen LogP contribution in [0.3, 0.4) is 0 Å². The van der Waals surface area contributed by atoms with E-state index in [1.165, 1.54) is 30.2 Å². The molecule has 3 aromatic rings. The standard InChI is InChI=1S/C22H24N8O6/c1-24-20(33)17-15(31)16(32)22(35-17)30-10-25-14-18(23)27-13(28-19(14)30)6-3-9-29(11-4-2-5-11)21(34)12-7-8-26-36-12/h7-8,10-11,15-17,22,31-32H,2,4-5,9H2,1H3,(H,24,33)(H2,23,27,28)/t15-,16+,17-,22+/m0/s1. The molecule has 0 bridgehead atoms. The summed E-state index contributed by atoms with van der Waals surface area (Å²) in [7, 11) is 1.40. The molecule has 14 heteroatoms. The Morgan fingerprint density at radius 1 is 1.31 bits per heavy atom. The number of hydrogen-bond acceptors (Lipinski definition) is 11. The summed E-state index contributed by atoms with van der Waals surface area (Å²) in [5.41, 5.74) is 6.50. The van der Waals surface area contributed by atoms with Gasteiger partial charge in [0.15, 0.2) is 23.8 Å². The predicted molar refractivity (Wildman–Crippen MR) is 122 cm³/mol. The lowest BCUT2D eigenvalue weighted by Gasteiger charge is -2.35. The van der Waals surface area contributed by atoms with E-state index in [-0.39, 0.29) is 47.1 Å². The Kier molecular flexibility index (Phi) is 6.27. The number of amides is 2. The number of carbonyl (C=O) groups excluding carboxylic acids is 2. The molecule has 1 aliphatic carbocycles. The largest absolute Gasteiger partial charge is 0.387 e. The van der Waals surface area contributed by atoms with Gasteiger partial charge in [-0.25, -0.2) is 15.0 Å². The highest BCUT2D eigenvalue weighted by atomic mass is 16.6. The molecule has 0 aromatic carbocycles. The van der Waals surface area contributed by atoms with E-state index in [0.29, 0.717) is 0 Å². The van der Waals surface area contributed by atoms with Gasteiger partial charge in [-0.1, -0.05) is 11.1 Å². The van der Waals surface area contributed by atoms with Crippen LogP contribution in [0.2, 0.25) is 0 Å². The number of anilines is 1. The normalized spacial score (nSPS) is 23.6. The van der Waals surface area contributed by atoms with E-state index in [1.807, 2.05) is 0 Å². The van der Waals surface area contributed by atoms with Crippen LogP contribution in [0.1, 0.15) is 41.9 Å². The number of aromatic nitrogens is 5. The fraction of sp³-hybridized carbons (Fsp3) is 0.455. The second-order valence-corrected chi connectivity index (χ2v) is 8.50. The minimum absolute atomic E-state index is 0.0486. The molecule has 2 aliphatic rings. The number of ether oxygens (including phenoxy) is 1. The van der Waals surface area contributed by atoms with E-state index in [0.717, 1.165) is 19.3 Å². The van der Waals surface area contributed by atoms with Crippen LogP contribution in [-0.4, -0.2) is 89.5 Å². The Hall–Kier alpha value is -4.06. The van der Waals surface area contributed by atoms with Crippen molar-refractivity contribution in [2.75, 3.05) is 19.3 Å². The Morgan fingerprint density at radius 3 is 2.78 bits per heavy atom. The van der Waals surface area contributed by atoms with Crippen molar-refractivity contribution in [2.24, 2.45) is 0 Å². The fourth-order valence-corrected chi connectivity index (χ4v) is 4.17. The van der Waals surface area contributed by atoms with Crippen molar-refractivity contribution in [3.63, 3.8) is 0 Å². The number of hydrogen-bond donors (Lipinski definition) is 4. The predicted octanol–water partition coefficient (Wildman–Crippen LogP) is -1.19. The molecule has 36 heavy (non-hydrogen) atoms. The Labute approximate surface area is 204 Å². The number of imidazole rings is 1. The summed E-state index contributed by atoms with van der Waals surface area (Å²) in [6.07, 6.45) is 0.233. The monoisotopic (exact) mass is 496 g/mol. The number of nitrogens with one attached hydrogen (secondary N) is 1. The number of nitrogen functional groups attached to an aromatic ring is 1. The van der Waals surface area contributed by atoms with E-state index < -0.39 is 30.4 Å².